The van der Waals surface area contributed by atoms with Crippen molar-refractivity contribution in [2.45, 2.75) is 6.92 Å². The molecule has 0 bridgehead atoms. The van der Waals surface area contributed by atoms with E-state index in [1.807, 2.05) is 43.5 Å². The molecule has 0 aliphatic heterocycles. The summed E-state index contributed by atoms with van der Waals surface area (Å²) in [5, 5.41) is 11.8. The maximum atomic E-state index is 5.21. The minimum atomic E-state index is -0.0650. The summed E-state index contributed by atoms with van der Waals surface area (Å²) in [4.78, 5) is 0. The van der Waals surface area contributed by atoms with Gasteiger partial charge in [0.05, 0.1) is 17.6 Å². The number of aromatic nitrogens is 2. The lowest BCUT2D eigenvalue weighted by atomic mass is 10.2. The van der Waals surface area contributed by atoms with Gasteiger partial charge in [0.25, 0.3) is 0 Å². The second-order valence-electron chi connectivity index (χ2n) is 3.72. The average Bonchev–Trinajstić information content (AvgIpc) is 2.86. The first kappa shape index (κ1) is 11.8. The molecule has 6 nitrogen and oxygen atoms in total. The van der Waals surface area contributed by atoms with Gasteiger partial charge in [-0.05, 0) is 19.1 Å². The monoisotopic (exact) mass is 242 g/mol. The molecule has 0 spiro atoms. The summed E-state index contributed by atoms with van der Waals surface area (Å²) >= 11 is 0. The summed E-state index contributed by atoms with van der Waals surface area (Å²) in [7, 11) is 0. The zero-order valence-corrected chi connectivity index (χ0v) is 9.99. The number of guanidine groups is 1. The highest BCUT2D eigenvalue weighted by atomic mass is 15.3. The second-order valence-corrected chi connectivity index (χ2v) is 3.72. The fourth-order valence-corrected chi connectivity index (χ4v) is 1.42. The van der Waals surface area contributed by atoms with E-state index in [2.05, 4.69) is 15.3 Å². The minimum Gasteiger partial charge on any atom is -0.369 e. The van der Waals surface area contributed by atoms with Crippen molar-refractivity contribution >= 4 is 11.7 Å². The fraction of sp³-hybridized carbons (Fsp3) is 0.0833. The van der Waals surface area contributed by atoms with Gasteiger partial charge in [0.15, 0.2) is 0 Å². The number of hydrogen-bond acceptors (Lipinski definition) is 3. The van der Waals surface area contributed by atoms with Crippen molar-refractivity contribution in [2.75, 3.05) is 0 Å². The van der Waals surface area contributed by atoms with Crippen molar-refractivity contribution < 1.29 is 0 Å². The van der Waals surface area contributed by atoms with Crippen LogP contribution in [0.3, 0.4) is 0 Å². The molecule has 1 aromatic heterocycles. The Morgan fingerprint density at radius 2 is 1.89 bits per heavy atom. The van der Waals surface area contributed by atoms with Crippen molar-refractivity contribution in [1.82, 2.24) is 9.78 Å². The molecular formula is C12H14N6. The summed E-state index contributed by atoms with van der Waals surface area (Å²) in [5.41, 5.74) is 13.0. The molecule has 2 aromatic rings. The van der Waals surface area contributed by atoms with Crippen LogP contribution in [0.25, 0.3) is 5.69 Å². The Morgan fingerprint density at radius 3 is 2.56 bits per heavy atom. The van der Waals surface area contributed by atoms with E-state index in [4.69, 9.17) is 11.5 Å². The Bertz CT molecular complexity index is 578. The maximum Gasteiger partial charge on any atom is 0.211 e. The number of hydrogen-bond donors (Lipinski definition) is 2. The van der Waals surface area contributed by atoms with Crippen LogP contribution in [0.2, 0.25) is 0 Å². The molecule has 1 heterocycles. The third-order valence-corrected chi connectivity index (χ3v) is 2.34. The predicted octanol–water partition coefficient (Wildman–Crippen LogP) is 0.870. The average molecular weight is 242 g/mol. The molecule has 2 rings (SSSR count). The fourth-order valence-electron chi connectivity index (χ4n) is 1.42. The van der Waals surface area contributed by atoms with Gasteiger partial charge in [-0.25, -0.2) is 4.68 Å². The van der Waals surface area contributed by atoms with Crippen LogP contribution in [-0.4, -0.2) is 21.5 Å². The van der Waals surface area contributed by atoms with Crippen molar-refractivity contribution in [3.8, 4) is 5.69 Å². The molecule has 0 unspecified atom stereocenters. The highest BCUT2D eigenvalue weighted by molar-refractivity contribution is 5.98. The van der Waals surface area contributed by atoms with E-state index in [-0.39, 0.29) is 5.96 Å². The van der Waals surface area contributed by atoms with Gasteiger partial charge in [-0.15, -0.1) is 5.10 Å². The molecule has 4 N–H and O–H groups in total. The molecule has 0 fully saturated rings. The van der Waals surface area contributed by atoms with E-state index < -0.39 is 0 Å². The normalized spacial score (nSPS) is 11.3. The van der Waals surface area contributed by atoms with Gasteiger partial charge >= 0.3 is 0 Å². The standard InChI is InChI=1S/C12H14N6/c1-9(16-17-12(13)14)10-7-15-18(8-10)11-5-3-2-4-6-11/h2-8H,1H3,(H4,13,14,17)/b16-9-. The number of nitrogens with zero attached hydrogens (tertiary/aromatic N) is 4. The molecule has 0 amide bonds. The van der Waals surface area contributed by atoms with Gasteiger partial charge in [0.1, 0.15) is 0 Å². The van der Waals surface area contributed by atoms with E-state index in [9.17, 15) is 0 Å². The lowest BCUT2D eigenvalue weighted by Gasteiger charge is -1.98. The van der Waals surface area contributed by atoms with Gasteiger partial charge in [0.2, 0.25) is 5.96 Å². The van der Waals surface area contributed by atoms with Crippen molar-refractivity contribution in [3.63, 3.8) is 0 Å². The molecule has 0 saturated heterocycles. The third-order valence-electron chi connectivity index (χ3n) is 2.34. The second kappa shape index (κ2) is 5.13. The first-order valence-electron chi connectivity index (χ1n) is 5.40. The van der Waals surface area contributed by atoms with Gasteiger partial charge in [0, 0.05) is 11.8 Å². The van der Waals surface area contributed by atoms with Crippen LogP contribution in [0.15, 0.2) is 52.9 Å². The van der Waals surface area contributed by atoms with Crippen molar-refractivity contribution in [2.24, 2.45) is 21.7 Å². The lowest BCUT2D eigenvalue weighted by molar-refractivity contribution is 0.880. The lowest BCUT2D eigenvalue weighted by Crippen LogP contribution is -2.22. The Labute approximate surface area is 105 Å². The van der Waals surface area contributed by atoms with Crippen LogP contribution in [-0.2, 0) is 0 Å². The van der Waals surface area contributed by atoms with Crippen LogP contribution in [0, 0.1) is 0 Å². The topological polar surface area (TPSA) is 94.6 Å². The number of benzene rings is 1. The Morgan fingerprint density at radius 1 is 1.17 bits per heavy atom. The molecule has 18 heavy (non-hydrogen) atoms. The minimum absolute atomic E-state index is 0.0650. The number of rotatable bonds is 3. The highest BCUT2D eigenvalue weighted by Gasteiger charge is 2.03. The van der Waals surface area contributed by atoms with Crippen LogP contribution >= 0.6 is 0 Å². The summed E-state index contributed by atoms with van der Waals surface area (Å²) in [6.07, 6.45) is 3.59. The molecule has 0 saturated carbocycles. The molecule has 0 radical (unpaired) electrons. The smallest absolute Gasteiger partial charge is 0.211 e. The number of nitrogens with two attached hydrogens (primary N) is 2. The maximum absolute atomic E-state index is 5.21. The molecule has 0 aliphatic carbocycles. The van der Waals surface area contributed by atoms with Crippen molar-refractivity contribution in [1.29, 1.82) is 0 Å². The first-order valence-corrected chi connectivity index (χ1v) is 5.40. The van der Waals surface area contributed by atoms with Gasteiger partial charge in [-0.3, -0.25) is 0 Å². The van der Waals surface area contributed by atoms with Gasteiger partial charge in [-0.1, -0.05) is 18.2 Å². The van der Waals surface area contributed by atoms with Crippen molar-refractivity contribution in [3.05, 3.63) is 48.3 Å². The van der Waals surface area contributed by atoms with E-state index in [0.29, 0.717) is 5.71 Å². The van der Waals surface area contributed by atoms with Crippen LogP contribution in [0.4, 0.5) is 0 Å². The Kier molecular flexibility index (Phi) is 3.38. The zero-order valence-electron chi connectivity index (χ0n) is 9.99. The molecule has 92 valence electrons. The van der Waals surface area contributed by atoms with Crippen LogP contribution in [0.5, 0.6) is 0 Å². The SMILES string of the molecule is C/C(=N/N=C(N)N)c1cnn(-c2ccccc2)c1. The summed E-state index contributed by atoms with van der Waals surface area (Å²) < 4.78 is 1.77. The van der Waals surface area contributed by atoms with E-state index in [1.54, 1.807) is 10.9 Å². The van der Waals surface area contributed by atoms with Crippen LogP contribution < -0.4 is 11.5 Å². The largest absolute Gasteiger partial charge is 0.369 e. The quantitative estimate of drug-likeness (QED) is 0.475. The first-order chi connectivity index (χ1) is 8.66. The highest BCUT2D eigenvalue weighted by Crippen LogP contribution is 2.08. The third kappa shape index (κ3) is 2.73. The molecule has 1 aromatic carbocycles. The van der Waals surface area contributed by atoms with E-state index in [0.717, 1.165) is 11.3 Å². The molecule has 0 aliphatic rings. The zero-order chi connectivity index (χ0) is 13.0. The Balaban J connectivity index is 2.26. The summed E-state index contributed by atoms with van der Waals surface area (Å²) in [6, 6.07) is 9.81. The Hall–Kier alpha value is -2.63. The van der Waals surface area contributed by atoms with Crippen LogP contribution in [0.1, 0.15) is 12.5 Å². The van der Waals surface area contributed by atoms with E-state index >= 15 is 0 Å². The van der Waals surface area contributed by atoms with Gasteiger partial charge in [-0.2, -0.15) is 10.2 Å². The van der Waals surface area contributed by atoms with Gasteiger partial charge < -0.3 is 11.5 Å². The summed E-state index contributed by atoms with van der Waals surface area (Å²) in [5.74, 6) is -0.0650. The molecular weight excluding hydrogens is 228 g/mol. The molecule has 0 atom stereocenters. The number of para-hydroxylation sites is 1. The summed E-state index contributed by atoms with van der Waals surface area (Å²) in [6.45, 7) is 1.82. The van der Waals surface area contributed by atoms with E-state index in [1.165, 1.54) is 0 Å². The predicted molar refractivity (Wildman–Crippen MR) is 71.6 cm³/mol. The molecule has 6 heteroatoms.